The van der Waals surface area contributed by atoms with E-state index in [9.17, 15) is 13.2 Å². The van der Waals surface area contributed by atoms with E-state index in [0.717, 1.165) is 16.9 Å². The third-order valence-corrected chi connectivity index (χ3v) is 5.28. The molecule has 1 amide bonds. The Hall–Kier alpha value is -2.00. The predicted octanol–water partition coefficient (Wildman–Crippen LogP) is 2.24. The standard InChI is InChI=1S/C13H16N4O3S2/c1-8(2)11(18)14-12-15-16-13(21-12)22(19,20)17-10-6-4-9(3)5-7-10/h4-8,17H,1-3H3,(H,14,15,18). The molecule has 0 bridgehead atoms. The van der Waals surface area contributed by atoms with E-state index >= 15 is 0 Å². The second-order valence-electron chi connectivity index (χ2n) is 4.99. The van der Waals surface area contributed by atoms with Gasteiger partial charge in [0.05, 0.1) is 0 Å². The van der Waals surface area contributed by atoms with Crippen LogP contribution in [0.4, 0.5) is 10.8 Å². The molecule has 0 saturated carbocycles. The van der Waals surface area contributed by atoms with Crippen LogP contribution in [0.1, 0.15) is 19.4 Å². The molecule has 0 unspecified atom stereocenters. The van der Waals surface area contributed by atoms with E-state index in [1.807, 2.05) is 6.92 Å². The van der Waals surface area contributed by atoms with Crippen LogP contribution in [0.2, 0.25) is 0 Å². The normalized spacial score (nSPS) is 11.5. The molecule has 0 aliphatic rings. The van der Waals surface area contributed by atoms with Crippen LogP contribution in [0, 0.1) is 12.8 Å². The SMILES string of the molecule is Cc1ccc(NS(=O)(=O)c2nnc(NC(=O)C(C)C)s2)cc1. The Kier molecular flexibility index (Phi) is 4.77. The van der Waals surface area contributed by atoms with Crippen LogP contribution < -0.4 is 10.0 Å². The van der Waals surface area contributed by atoms with Gasteiger partial charge in [-0.05, 0) is 19.1 Å². The number of amides is 1. The summed E-state index contributed by atoms with van der Waals surface area (Å²) >= 11 is 0.803. The van der Waals surface area contributed by atoms with E-state index < -0.39 is 10.0 Å². The summed E-state index contributed by atoms with van der Waals surface area (Å²) in [5.41, 5.74) is 1.46. The number of nitrogens with one attached hydrogen (secondary N) is 2. The van der Waals surface area contributed by atoms with Crippen LogP contribution in [0.5, 0.6) is 0 Å². The molecule has 2 N–H and O–H groups in total. The van der Waals surface area contributed by atoms with Gasteiger partial charge in [0, 0.05) is 11.6 Å². The molecule has 1 aromatic carbocycles. The van der Waals surface area contributed by atoms with Crippen molar-refractivity contribution in [3.05, 3.63) is 29.8 Å². The maximum Gasteiger partial charge on any atom is 0.291 e. The summed E-state index contributed by atoms with van der Waals surface area (Å²) in [6.45, 7) is 5.37. The Morgan fingerprint density at radius 1 is 1.18 bits per heavy atom. The molecule has 118 valence electrons. The van der Waals surface area contributed by atoms with E-state index in [0.29, 0.717) is 5.69 Å². The molecule has 0 saturated heterocycles. The van der Waals surface area contributed by atoms with Gasteiger partial charge in [0.1, 0.15) is 0 Å². The van der Waals surface area contributed by atoms with Gasteiger partial charge in [-0.1, -0.05) is 42.9 Å². The van der Waals surface area contributed by atoms with Crippen molar-refractivity contribution in [1.29, 1.82) is 0 Å². The van der Waals surface area contributed by atoms with E-state index in [1.54, 1.807) is 38.1 Å². The minimum atomic E-state index is -3.82. The lowest BCUT2D eigenvalue weighted by Crippen LogP contribution is -2.17. The Morgan fingerprint density at radius 3 is 2.41 bits per heavy atom. The second kappa shape index (κ2) is 6.41. The molecule has 0 aliphatic carbocycles. The lowest BCUT2D eigenvalue weighted by molar-refractivity contribution is -0.118. The van der Waals surface area contributed by atoms with E-state index in [4.69, 9.17) is 0 Å². The molecule has 22 heavy (non-hydrogen) atoms. The molecule has 1 heterocycles. The summed E-state index contributed by atoms with van der Waals surface area (Å²) in [5.74, 6) is -0.471. The maximum atomic E-state index is 12.2. The molecule has 1 aromatic heterocycles. The Balaban J connectivity index is 2.14. The molecular formula is C13H16N4O3S2. The van der Waals surface area contributed by atoms with E-state index in [1.165, 1.54) is 0 Å². The smallest absolute Gasteiger partial charge is 0.291 e. The van der Waals surface area contributed by atoms with Gasteiger partial charge >= 0.3 is 0 Å². The van der Waals surface area contributed by atoms with Crippen molar-refractivity contribution in [2.24, 2.45) is 5.92 Å². The summed E-state index contributed by atoms with van der Waals surface area (Å²) in [6, 6.07) is 6.92. The monoisotopic (exact) mass is 340 g/mol. The Bertz CT molecular complexity index is 767. The number of aryl methyl sites for hydroxylation is 1. The summed E-state index contributed by atoms with van der Waals surface area (Å²) in [7, 11) is -3.82. The average Bonchev–Trinajstić information content (AvgIpc) is 2.90. The Morgan fingerprint density at radius 2 is 1.82 bits per heavy atom. The molecule has 2 aromatic rings. The highest BCUT2D eigenvalue weighted by Gasteiger charge is 2.21. The first-order valence-electron chi connectivity index (χ1n) is 6.52. The fraction of sp³-hybridized carbons (Fsp3) is 0.308. The molecule has 0 fully saturated rings. The minimum Gasteiger partial charge on any atom is -0.300 e. The molecule has 0 aliphatic heterocycles. The first-order chi connectivity index (χ1) is 10.3. The second-order valence-corrected chi connectivity index (χ2v) is 7.82. The van der Waals surface area contributed by atoms with Gasteiger partial charge in [-0.25, -0.2) is 0 Å². The molecule has 2 rings (SSSR count). The minimum absolute atomic E-state index is 0.156. The summed E-state index contributed by atoms with van der Waals surface area (Å²) < 4.78 is 26.6. The number of aromatic nitrogens is 2. The molecule has 0 atom stereocenters. The van der Waals surface area contributed by atoms with Crippen molar-refractivity contribution in [1.82, 2.24) is 10.2 Å². The topological polar surface area (TPSA) is 101 Å². The first-order valence-corrected chi connectivity index (χ1v) is 8.82. The lowest BCUT2D eigenvalue weighted by Gasteiger charge is -2.05. The number of sulfonamides is 1. The van der Waals surface area contributed by atoms with Crippen molar-refractivity contribution in [3.8, 4) is 0 Å². The number of benzene rings is 1. The number of hydrogen-bond donors (Lipinski definition) is 2. The molecule has 7 nitrogen and oxygen atoms in total. The van der Waals surface area contributed by atoms with Gasteiger partial charge in [0.2, 0.25) is 11.0 Å². The van der Waals surface area contributed by atoms with E-state index in [2.05, 4.69) is 20.2 Å². The summed E-state index contributed by atoms with van der Waals surface area (Å²) in [6.07, 6.45) is 0. The number of carbonyl (C=O) groups is 1. The largest absolute Gasteiger partial charge is 0.300 e. The zero-order valence-corrected chi connectivity index (χ0v) is 14.0. The number of nitrogens with zero attached hydrogens (tertiary/aromatic N) is 2. The molecule has 9 heteroatoms. The van der Waals surface area contributed by atoms with Crippen LogP contribution >= 0.6 is 11.3 Å². The molecular weight excluding hydrogens is 324 g/mol. The fourth-order valence-corrected chi connectivity index (χ4v) is 3.40. The highest BCUT2D eigenvalue weighted by Crippen LogP contribution is 2.23. The van der Waals surface area contributed by atoms with Gasteiger partial charge in [0.15, 0.2) is 0 Å². The van der Waals surface area contributed by atoms with Gasteiger partial charge < -0.3 is 5.32 Å². The summed E-state index contributed by atoms with van der Waals surface area (Å²) in [5, 5.41) is 9.97. The van der Waals surface area contributed by atoms with Gasteiger partial charge in [-0.3, -0.25) is 9.52 Å². The predicted molar refractivity (Wildman–Crippen MR) is 85.4 cm³/mol. The zero-order chi connectivity index (χ0) is 16.3. The highest BCUT2D eigenvalue weighted by molar-refractivity contribution is 7.94. The van der Waals surface area contributed by atoms with Gasteiger partial charge in [0.25, 0.3) is 14.4 Å². The van der Waals surface area contributed by atoms with Crippen LogP contribution in [0.25, 0.3) is 0 Å². The number of carbonyl (C=O) groups excluding carboxylic acids is 1. The molecule has 0 spiro atoms. The zero-order valence-electron chi connectivity index (χ0n) is 12.3. The van der Waals surface area contributed by atoms with Gasteiger partial charge in [-0.2, -0.15) is 8.42 Å². The number of anilines is 2. The molecule has 0 radical (unpaired) electrons. The van der Waals surface area contributed by atoms with E-state index in [-0.39, 0.29) is 21.3 Å². The van der Waals surface area contributed by atoms with Gasteiger partial charge in [-0.15, -0.1) is 10.2 Å². The number of rotatable bonds is 5. The number of hydrogen-bond acceptors (Lipinski definition) is 6. The Labute approximate surface area is 132 Å². The summed E-state index contributed by atoms with van der Waals surface area (Å²) in [4.78, 5) is 11.6. The first kappa shape index (κ1) is 16.4. The fourth-order valence-electron chi connectivity index (χ4n) is 1.44. The quantitative estimate of drug-likeness (QED) is 0.813. The van der Waals surface area contributed by atoms with Crippen LogP contribution in [-0.4, -0.2) is 24.5 Å². The highest BCUT2D eigenvalue weighted by atomic mass is 32.2. The maximum absolute atomic E-state index is 12.2. The lowest BCUT2D eigenvalue weighted by atomic mass is 10.2. The van der Waals surface area contributed by atoms with Crippen molar-refractivity contribution >= 4 is 38.1 Å². The third kappa shape index (κ3) is 4.01. The van der Waals surface area contributed by atoms with Crippen molar-refractivity contribution in [3.63, 3.8) is 0 Å². The van der Waals surface area contributed by atoms with Crippen LogP contribution in [-0.2, 0) is 14.8 Å². The van der Waals surface area contributed by atoms with Crippen LogP contribution in [0.15, 0.2) is 28.6 Å². The third-order valence-electron chi connectivity index (χ3n) is 2.69. The average molecular weight is 340 g/mol. The van der Waals surface area contributed by atoms with Crippen LogP contribution in [0.3, 0.4) is 0 Å². The van der Waals surface area contributed by atoms with Crippen molar-refractivity contribution in [2.45, 2.75) is 25.1 Å². The van der Waals surface area contributed by atoms with Crippen molar-refractivity contribution < 1.29 is 13.2 Å². The van der Waals surface area contributed by atoms with Crippen molar-refractivity contribution in [2.75, 3.05) is 10.0 Å².